The molecule has 0 saturated carbocycles. The van der Waals surface area contributed by atoms with Gasteiger partial charge in [0.05, 0.1) is 5.71 Å². The van der Waals surface area contributed by atoms with E-state index in [9.17, 15) is 4.79 Å². The van der Waals surface area contributed by atoms with E-state index in [2.05, 4.69) is 11.6 Å². The van der Waals surface area contributed by atoms with Crippen molar-refractivity contribution in [1.82, 2.24) is 0 Å². The van der Waals surface area contributed by atoms with E-state index >= 15 is 0 Å². The maximum Gasteiger partial charge on any atom is 0.164 e. The zero-order valence-corrected chi connectivity index (χ0v) is 4.92. The molecule has 44 valence electrons. The molecular weight excluding hydrogens is 102 g/mol. The maximum atomic E-state index is 9.95. The fourth-order valence-corrected chi connectivity index (χ4v) is 0.322. The summed E-state index contributed by atoms with van der Waals surface area (Å²) in [6.45, 7) is 5.22. The van der Waals surface area contributed by atoms with Crippen molar-refractivity contribution in [2.45, 2.75) is 13.3 Å². The molecular formula is C6H9NO. The summed E-state index contributed by atoms with van der Waals surface area (Å²) in [5.74, 6) is 0. The third kappa shape index (κ3) is 2.29. The van der Waals surface area contributed by atoms with E-state index in [4.69, 9.17) is 0 Å². The molecule has 0 spiro atoms. The number of carbonyl (C=O) groups excluding carboxylic acids is 1. The zero-order chi connectivity index (χ0) is 6.41. The molecule has 0 saturated heterocycles. The van der Waals surface area contributed by atoms with Gasteiger partial charge in [-0.05, 0) is 6.42 Å². The fraction of sp³-hybridized carbons (Fsp3) is 0.333. The summed E-state index contributed by atoms with van der Waals surface area (Å²) < 4.78 is 0. The third-order valence-electron chi connectivity index (χ3n) is 0.755. The first kappa shape index (κ1) is 7.08. The smallest absolute Gasteiger partial charge is 0.164 e. The molecule has 0 aromatic heterocycles. The molecule has 0 N–H and O–H groups in total. The van der Waals surface area contributed by atoms with E-state index in [1.165, 1.54) is 6.20 Å². The second kappa shape index (κ2) is 4.24. The Labute approximate surface area is 48.9 Å². The van der Waals surface area contributed by atoms with E-state index in [0.717, 1.165) is 6.29 Å². The highest BCUT2D eigenvalue weighted by Gasteiger charge is 1.86. The van der Waals surface area contributed by atoms with Crippen LogP contribution in [0.4, 0.5) is 0 Å². The van der Waals surface area contributed by atoms with E-state index in [1.807, 2.05) is 6.92 Å². The Kier molecular flexibility index (Phi) is 3.76. The van der Waals surface area contributed by atoms with Crippen molar-refractivity contribution >= 4 is 12.0 Å². The second-order valence-electron chi connectivity index (χ2n) is 1.27. The molecule has 0 aliphatic carbocycles. The minimum absolute atomic E-state index is 0.542. The molecule has 0 aliphatic heterocycles. The Morgan fingerprint density at radius 1 is 1.88 bits per heavy atom. The molecule has 0 radical (unpaired) electrons. The number of carbonyl (C=O) groups is 1. The van der Waals surface area contributed by atoms with Crippen LogP contribution in [-0.4, -0.2) is 12.0 Å². The predicted molar refractivity (Wildman–Crippen MR) is 34.0 cm³/mol. The van der Waals surface area contributed by atoms with Gasteiger partial charge in [-0.1, -0.05) is 13.5 Å². The number of hydrogen-bond donors (Lipinski definition) is 0. The van der Waals surface area contributed by atoms with Crippen LogP contribution in [-0.2, 0) is 4.79 Å². The van der Waals surface area contributed by atoms with Crippen molar-refractivity contribution in [1.29, 1.82) is 0 Å². The molecule has 0 aromatic rings. The molecule has 0 rings (SSSR count). The third-order valence-corrected chi connectivity index (χ3v) is 0.755. The summed E-state index contributed by atoms with van der Waals surface area (Å²) >= 11 is 0. The molecule has 0 unspecified atom stereocenters. The number of rotatable bonds is 3. The van der Waals surface area contributed by atoms with E-state index in [0.29, 0.717) is 12.1 Å². The summed E-state index contributed by atoms with van der Waals surface area (Å²) in [5.41, 5.74) is 0.542. The molecule has 2 nitrogen and oxygen atoms in total. The lowest BCUT2D eigenvalue weighted by atomic mass is 10.3. The molecule has 0 bridgehead atoms. The SMILES string of the molecule is C=C/N=C(/C=O)CC. The topological polar surface area (TPSA) is 29.4 Å². The average Bonchev–Trinajstić information content (AvgIpc) is 1.83. The first-order valence-electron chi connectivity index (χ1n) is 2.48. The van der Waals surface area contributed by atoms with Crippen LogP contribution < -0.4 is 0 Å². The maximum absolute atomic E-state index is 9.95. The normalized spacial score (nSPS) is 10.9. The highest BCUT2D eigenvalue weighted by atomic mass is 16.1. The van der Waals surface area contributed by atoms with Gasteiger partial charge in [0, 0.05) is 6.20 Å². The monoisotopic (exact) mass is 111 g/mol. The molecule has 0 aromatic carbocycles. The second-order valence-corrected chi connectivity index (χ2v) is 1.27. The van der Waals surface area contributed by atoms with Crippen molar-refractivity contribution in [2.24, 2.45) is 4.99 Å². The molecule has 0 amide bonds. The number of nitrogens with zero attached hydrogens (tertiary/aromatic N) is 1. The van der Waals surface area contributed by atoms with Crippen LogP contribution in [0.1, 0.15) is 13.3 Å². The Morgan fingerprint density at radius 3 is 2.62 bits per heavy atom. The van der Waals surface area contributed by atoms with Gasteiger partial charge >= 0.3 is 0 Å². The molecule has 0 atom stereocenters. The van der Waals surface area contributed by atoms with Gasteiger partial charge in [-0.15, -0.1) is 0 Å². The Hall–Kier alpha value is -0.920. The number of hydrogen-bond acceptors (Lipinski definition) is 2. The number of aliphatic imine (C=N–C) groups is 1. The number of aldehydes is 1. The van der Waals surface area contributed by atoms with E-state index < -0.39 is 0 Å². The van der Waals surface area contributed by atoms with Gasteiger partial charge in [-0.25, -0.2) is 0 Å². The fourth-order valence-electron chi connectivity index (χ4n) is 0.322. The van der Waals surface area contributed by atoms with Crippen molar-refractivity contribution in [3.63, 3.8) is 0 Å². The highest BCUT2D eigenvalue weighted by molar-refractivity contribution is 6.28. The summed E-state index contributed by atoms with van der Waals surface area (Å²) in [6, 6.07) is 0. The van der Waals surface area contributed by atoms with Crippen molar-refractivity contribution in [3.05, 3.63) is 12.8 Å². The van der Waals surface area contributed by atoms with Crippen LogP contribution in [0.5, 0.6) is 0 Å². The zero-order valence-electron chi connectivity index (χ0n) is 4.92. The van der Waals surface area contributed by atoms with Gasteiger partial charge in [0.1, 0.15) is 0 Å². The Morgan fingerprint density at radius 2 is 2.50 bits per heavy atom. The van der Waals surface area contributed by atoms with Gasteiger partial charge in [0.2, 0.25) is 0 Å². The first-order valence-corrected chi connectivity index (χ1v) is 2.48. The van der Waals surface area contributed by atoms with E-state index in [-0.39, 0.29) is 0 Å². The molecule has 8 heavy (non-hydrogen) atoms. The minimum Gasteiger partial charge on any atom is -0.297 e. The lowest BCUT2D eigenvalue weighted by Gasteiger charge is -1.84. The van der Waals surface area contributed by atoms with Crippen LogP contribution in [0.15, 0.2) is 17.8 Å². The predicted octanol–water partition coefficient (Wildman–Crippen LogP) is 1.18. The minimum atomic E-state index is 0.542. The lowest BCUT2D eigenvalue weighted by molar-refractivity contribution is -0.102. The van der Waals surface area contributed by atoms with Gasteiger partial charge in [0.25, 0.3) is 0 Å². The molecule has 0 fully saturated rings. The average molecular weight is 111 g/mol. The summed E-state index contributed by atoms with van der Waals surface area (Å²) in [6.07, 6.45) is 2.78. The van der Waals surface area contributed by atoms with Crippen molar-refractivity contribution in [3.8, 4) is 0 Å². The Balaban J connectivity index is 3.84. The van der Waals surface area contributed by atoms with Crippen LogP contribution in [0.3, 0.4) is 0 Å². The van der Waals surface area contributed by atoms with Crippen molar-refractivity contribution in [2.75, 3.05) is 0 Å². The first-order chi connectivity index (χ1) is 3.85. The van der Waals surface area contributed by atoms with Crippen LogP contribution >= 0.6 is 0 Å². The Bertz CT molecular complexity index is 116. The molecule has 2 heteroatoms. The van der Waals surface area contributed by atoms with Crippen LogP contribution in [0, 0.1) is 0 Å². The largest absolute Gasteiger partial charge is 0.297 e. The van der Waals surface area contributed by atoms with Gasteiger partial charge < -0.3 is 0 Å². The van der Waals surface area contributed by atoms with Crippen LogP contribution in [0.2, 0.25) is 0 Å². The molecule has 0 aliphatic rings. The van der Waals surface area contributed by atoms with Crippen molar-refractivity contribution < 1.29 is 4.79 Å². The van der Waals surface area contributed by atoms with Gasteiger partial charge in [0.15, 0.2) is 6.29 Å². The summed E-state index contributed by atoms with van der Waals surface area (Å²) in [4.78, 5) is 13.6. The lowest BCUT2D eigenvalue weighted by Crippen LogP contribution is -1.94. The van der Waals surface area contributed by atoms with E-state index in [1.54, 1.807) is 0 Å². The summed E-state index contributed by atoms with van der Waals surface area (Å²) in [7, 11) is 0. The molecule has 0 heterocycles. The van der Waals surface area contributed by atoms with Gasteiger partial charge in [-0.3, -0.25) is 9.79 Å². The summed E-state index contributed by atoms with van der Waals surface area (Å²) in [5, 5.41) is 0. The quantitative estimate of drug-likeness (QED) is 0.397. The highest BCUT2D eigenvalue weighted by Crippen LogP contribution is 1.80. The van der Waals surface area contributed by atoms with Crippen LogP contribution in [0.25, 0.3) is 0 Å². The van der Waals surface area contributed by atoms with Gasteiger partial charge in [-0.2, -0.15) is 0 Å². The standard InChI is InChI=1S/C6H9NO/c1-3-6(5-8)7-4-2/h4-5H,2-3H2,1H3/b7-6+.